The number of aromatic amines is 1. The third kappa shape index (κ3) is 5.53. The maximum atomic E-state index is 13.2. The van der Waals surface area contributed by atoms with Gasteiger partial charge in [0.05, 0.1) is 7.14 Å². The van der Waals surface area contributed by atoms with Gasteiger partial charge in [-0.1, -0.05) is 46.3 Å². The predicted molar refractivity (Wildman–Crippen MR) is 160 cm³/mol. The number of H-pyrrole nitrogens is 1. The summed E-state index contributed by atoms with van der Waals surface area (Å²) in [5, 5.41) is 0.929. The van der Waals surface area contributed by atoms with Gasteiger partial charge in [0.2, 0.25) is 0 Å². The van der Waals surface area contributed by atoms with E-state index in [-0.39, 0.29) is 0 Å². The zero-order chi connectivity index (χ0) is 26.3. The first-order chi connectivity index (χ1) is 17.6. The quantitative estimate of drug-likeness (QED) is 0.126. The number of carbonyl (C=O) groups is 2. The van der Waals surface area contributed by atoms with E-state index in [1.54, 1.807) is 13.8 Å². The Morgan fingerprint density at radius 1 is 1.00 bits per heavy atom. The zero-order valence-corrected chi connectivity index (χ0v) is 25.8. The number of carbonyl (C=O) groups excluding carboxylic acids is 2. The van der Waals surface area contributed by atoms with Gasteiger partial charge in [-0.2, -0.15) is 0 Å². The molecule has 1 fully saturated rings. The molecule has 6 nitrogen and oxygen atoms in total. The van der Waals surface area contributed by atoms with Gasteiger partial charge in [-0.3, -0.25) is 9.59 Å². The predicted octanol–water partition coefficient (Wildman–Crippen LogP) is 7.30. The highest BCUT2D eigenvalue weighted by atomic mass is 127. The van der Waals surface area contributed by atoms with Crippen molar-refractivity contribution in [1.29, 1.82) is 0 Å². The Balaban J connectivity index is 1.56. The molecule has 1 saturated heterocycles. The van der Waals surface area contributed by atoms with E-state index in [9.17, 15) is 9.59 Å². The highest BCUT2D eigenvalue weighted by Gasteiger charge is 2.48. The molecule has 0 radical (unpaired) electrons. The van der Waals surface area contributed by atoms with Crippen LogP contribution in [0.3, 0.4) is 0 Å². The minimum atomic E-state index is -1.30. The molecule has 1 N–H and O–H groups in total. The van der Waals surface area contributed by atoms with Crippen molar-refractivity contribution in [3.05, 3.63) is 95.2 Å². The Kier molecular flexibility index (Phi) is 7.56. The Morgan fingerprint density at radius 2 is 1.62 bits per heavy atom. The molecule has 5 rings (SSSR count). The second-order valence-corrected chi connectivity index (χ2v) is 12.5. The fraction of sp³-hybridized carbons (Fsp3) is 0.214. The van der Waals surface area contributed by atoms with E-state index in [4.69, 9.17) is 14.2 Å². The number of fused-ring (bicyclic) bond motifs is 1. The van der Waals surface area contributed by atoms with Gasteiger partial charge in [0.15, 0.2) is 5.92 Å². The van der Waals surface area contributed by atoms with E-state index in [1.165, 1.54) is 0 Å². The second kappa shape index (κ2) is 10.6. The largest absolute Gasteiger partial charge is 0.487 e. The number of benzene rings is 3. The highest BCUT2D eigenvalue weighted by molar-refractivity contribution is 14.1. The summed E-state index contributed by atoms with van der Waals surface area (Å²) in [6, 6.07) is 19.7. The topological polar surface area (TPSA) is 77.6 Å². The van der Waals surface area contributed by atoms with Crippen molar-refractivity contribution >= 4 is 84.0 Å². The van der Waals surface area contributed by atoms with Crippen LogP contribution in [0.25, 0.3) is 10.9 Å². The summed E-state index contributed by atoms with van der Waals surface area (Å²) < 4.78 is 20.0. The van der Waals surface area contributed by atoms with E-state index >= 15 is 0 Å². The fourth-order valence-corrected chi connectivity index (χ4v) is 6.93. The van der Waals surface area contributed by atoms with Crippen LogP contribution in [0, 0.1) is 13.1 Å². The van der Waals surface area contributed by atoms with Crippen LogP contribution in [0.2, 0.25) is 0 Å². The van der Waals surface area contributed by atoms with Crippen molar-refractivity contribution in [1.82, 2.24) is 4.98 Å². The molecule has 37 heavy (non-hydrogen) atoms. The minimum Gasteiger partial charge on any atom is -0.487 e. The Bertz CT molecular complexity index is 1460. The molecule has 0 unspecified atom stereocenters. The van der Waals surface area contributed by atoms with Crippen molar-refractivity contribution in [3.63, 3.8) is 0 Å². The molecule has 1 aliphatic rings. The summed E-state index contributed by atoms with van der Waals surface area (Å²) in [6.07, 6.45) is 1.85. The molecule has 9 heteroatoms. The molecule has 4 aromatic rings. The maximum Gasteiger partial charge on any atom is 0.324 e. The number of ether oxygens (including phenoxy) is 3. The van der Waals surface area contributed by atoms with Crippen molar-refractivity contribution in [3.8, 4) is 5.75 Å². The summed E-state index contributed by atoms with van der Waals surface area (Å²) in [7, 11) is 0. The van der Waals surface area contributed by atoms with E-state index in [0.717, 1.165) is 45.0 Å². The monoisotopic (exact) mass is 785 g/mol. The van der Waals surface area contributed by atoms with Gasteiger partial charge in [-0.25, -0.2) is 0 Å². The first-order valence-corrected chi connectivity index (χ1v) is 14.5. The third-order valence-electron chi connectivity index (χ3n) is 6.17. The SMILES string of the molecule is CC1(C)OC(=O)C([C@H](c2cc(I)c(OCc3ccc(Br)cc3)c(I)c2)c2c[nH]c3ccccc23)C(=O)O1. The Labute approximate surface area is 249 Å². The molecule has 3 aromatic carbocycles. The number of nitrogens with one attached hydrogen (secondary N) is 1. The smallest absolute Gasteiger partial charge is 0.324 e. The lowest BCUT2D eigenvalue weighted by atomic mass is 9.80. The number of halogens is 3. The van der Waals surface area contributed by atoms with Crippen LogP contribution in [0.5, 0.6) is 5.75 Å². The summed E-state index contributed by atoms with van der Waals surface area (Å²) in [5.74, 6) is -3.51. The first kappa shape index (κ1) is 26.5. The number of esters is 2. The molecule has 0 spiro atoms. The molecular formula is C28H22BrI2NO5. The summed E-state index contributed by atoms with van der Waals surface area (Å²) in [6.45, 7) is 3.53. The molecule has 1 atom stereocenters. The lowest BCUT2D eigenvalue weighted by Gasteiger charge is -2.36. The molecule has 0 aliphatic carbocycles. The standard InChI is InChI=1S/C28H22BrI2NO5/c1-28(2)36-26(33)24(27(34)37-28)23(19-13-32-22-6-4-3-5-18(19)22)16-11-20(30)25(21(31)12-16)35-14-15-7-9-17(29)10-8-15/h3-13,23-24,32H,14H2,1-2H3/t23-/m1/s1. The van der Waals surface area contributed by atoms with Crippen molar-refractivity contribution < 1.29 is 23.8 Å². The number of cyclic esters (lactones) is 2. The average molecular weight is 786 g/mol. The van der Waals surface area contributed by atoms with E-state index in [0.29, 0.717) is 6.61 Å². The maximum absolute atomic E-state index is 13.2. The van der Waals surface area contributed by atoms with Crippen molar-refractivity contribution in [2.45, 2.75) is 32.2 Å². The normalized spacial score (nSPS) is 16.4. The number of rotatable bonds is 6. The van der Waals surface area contributed by atoms with Crippen LogP contribution in [0.4, 0.5) is 0 Å². The molecule has 1 aromatic heterocycles. The van der Waals surface area contributed by atoms with Gasteiger partial charge >= 0.3 is 11.9 Å². The molecule has 0 bridgehead atoms. The van der Waals surface area contributed by atoms with Crippen LogP contribution in [0.1, 0.15) is 36.5 Å². The fourth-order valence-electron chi connectivity index (χ4n) is 4.54. The van der Waals surface area contributed by atoms with Gasteiger partial charge < -0.3 is 19.2 Å². The molecule has 0 amide bonds. The van der Waals surface area contributed by atoms with Gasteiger partial charge in [-0.15, -0.1) is 0 Å². The van der Waals surface area contributed by atoms with E-state index < -0.39 is 29.6 Å². The Morgan fingerprint density at radius 3 is 2.27 bits per heavy atom. The lowest BCUT2D eigenvalue weighted by Crippen LogP contribution is -2.48. The Hall–Kier alpha value is -2.12. The van der Waals surface area contributed by atoms with E-state index in [2.05, 4.69) is 66.1 Å². The molecule has 190 valence electrons. The number of hydrogen-bond donors (Lipinski definition) is 1. The van der Waals surface area contributed by atoms with Gasteiger partial charge in [0, 0.05) is 41.3 Å². The van der Waals surface area contributed by atoms with Crippen molar-refractivity contribution in [2.75, 3.05) is 0 Å². The second-order valence-electron chi connectivity index (χ2n) is 9.22. The first-order valence-electron chi connectivity index (χ1n) is 11.5. The molecular weight excluding hydrogens is 764 g/mol. The number of para-hydroxylation sites is 1. The minimum absolute atomic E-state index is 0.418. The number of hydrogen-bond acceptors (Lipinski definition) is 5. The summed E-state index contributed by atoms with van der Waals surface area (Å²) >= 11 is 7.93. The molecule has 0 saturated carbocycles. The molecule has 2 heterocycles. The zero-order valence-electron chi connectivity index (χ0n) is 19.9. The van der Waals surface area contributed by atoms with Gasteiger partial charge in [0.1, 0.15) is 12.4 Å². The summed E-state index contributed by atoms with van der Waals surface area (Å²) in [5.41, 5.74) is 3.59. The highest BCUT2D eigenvalue weighted by Crippen LogP contribution is 2.43. The van der Waals surface area contributed by atoms with Crippen LogP contribution in [-0.4, -0.2) is 22.7 Å². The van der Waals surface area contributed by atoms with Gasteiger partial charge in [-0.05, 0) is 92.2 Å². The number of aromatic nitrogens is 1. The third-order valence-corrected chi connectivity index (χ3v) is 8.30. The van der Waals surface area contributed by atoms with Crippen LogP contribution in [-0.2, 0) is 25.7 Å². The average Bonchev–Trinajstić information content (AvgIpc) is 3.25. The lowest BCUT2D eigenvalue weighted by molar-refractivity contribution is -0.240. The van der Waals surface area contributed by atoms with Crippen molar-refractivity contribution in [2.24, 2.45) is 5.92 Å². The molecule has 1 aliphatic heterocycles. The van der Waals surface area contributed by atoms with Crippen LogP contribution < -0.4 is 4.74 Å². The van der Waals surface area contributed by atoms with Crippen LogP contribution in [0.15, 0.2) is 71.3 Å². The van der Waals surface area contributed by atoms with Gasteiger partial charge in [0.25, 0.3) is 5.79 Å². The van der Waals surface area contributed by atoms with Crippen LogP contribution >= 0.6 is 61.1 Å². The summed E-state index contributed by atoms with van der Waals surface area (Å²) in [4.78, 5) is 29.7. The van der Waals surface area contributed by atoms with E-state index in [1.807, 2.05) is 66.9 Å².